The maximum Gasteiger partial charge on any atom is 0.236 e. The highest BCUT2D eigenvalue weighted by molar-refractivity contribution is 5.85. The summed E-state index contributed by atoms with van der Waals surface area (Å²) in [5.74, 6) is -2.54. The molecule has 1 N–H and O–H groups in total. The Balaban J connectivity index is 0.00000342. The van der Waals surface area contributed by atoms with Crippen molar-refractivity contribution in [3.63, 3.8) is 0 Å². The highest BCUT2D eigenvalue weighted by Gasteiger charge is 2.41. The van der Waals surface area contributed by atoms with Gasteiger partial charge in [0.15, 0.2) is 11.6 Å². The van der Waals surface area contributed by atoms with Gasteiger partial charge in [-0.2, -0.15) is 4.39 Å². The van der Waals surface area contributed by atoms with Gasteiger partial charge in [0.05, 0.1) is 13.2 Å². The number of methoxy groups -OCH3 is 1. The van der Waals surface area contributed by atoms with Crippen molar-refractivity contribution in [1.82, 2.24) is 20.1 Å². The fourth-order valence-electron chi connectivity index (χ4n) is 4.22. The molecule has 0 bridgehead atoms. The monoisotopic (exact) mass is 514 g/mol. The molecule has 2 atom stereocenters. The lowest BCUT2D eigenvalue weighted by Crippen LogP contribution is -2.51. The Labute approximate surface area is 209 Å². The molecule has 1 aromatic heterocycles. The van der Waals surface area contributed by atoms with Crippen LogP contribution in [-0.2, 0) is 16.1 Å². The number of rotatable bonds is 10. The molecule has 35 heavy (non-hydrogen) atoms. The van der Waals surface area contributed by atoms with E-state index in [1.54, 1.807) is 13.2 Å². The molecule has 0 spiro atoms. The van der Waals surface area contributed by atoms with Gasteiger partial charge in [0.25, 0.3) is 0 Å². The Hall–Kier alpha value is -2.40. The van der Waals surface area contributed by atoms with E-state index in [1.807, 2.05) is 4.90 Å². The van der Waals surface area contributed by atoms with Gasteiger partial charge in [-0.15, -0.1) is 12.4 Å². The number of aromatic nitrogens is 1. The van der Waals surface area contributed by atoms with Crippen molar-refractivity contribution in [2.24, 2.45) is 0 Å². The molecule has 1 saturated carbocycles. The molecule has 0 unspecified atom stereocenters. The fourth-order valence-corrected chi connectivity index (χ4v) is 4.22. The highest BCUT2D eigenvalue weighted by atomic mass is 35.5. The molecule has 0 radical (unpaired) electrons. The van der Waals surface area contributed by atoms with E-state index in [0.29, 0.717) is 31.7 Å². The smallest absolute Gasteiger partial charge is 0.236 e. The molecule has 1 aromatic carbocycles. The number of halogens is 4. The number of nitrogens with zero attached hydrogens (tertiary/aromatic N) is 3. The Morgan fingerprint density at radius 2 is 1.97 bits per heavy atom. The van der Waals surface area contributed by atoms with E-state index in [2.05, 4.69) is 15.2 Å². The minimum atomic E-state index is -0.840. The summed E-state index contributed by atoms with van der Waals surface area (Å²) in [5, 5.41) is 3.20. The summed E-state index contributed by atoms with van der Waals surface area (Å²) in [4.78, 5) is 20.2. The summed E-state index contributed by atoms with van der Waals surface area (Å²) < 4.78 is 52.9. The lowest BCUT2D eigenvalue weighted by molar-refractivity contribution is -0.132. The first-order valence-corrected chi connectivity index (χ1v) is 11.4. The van der Waals surface area contributed by atoms with Crippen molar-refractivity contribution >= 4 is 18.3 Å². The minimum absolute atomic E-state index is 0. The van der Waals surface area contributed by atoms with Crippen LogP contribution in [0.3, 0.4) is 0 Å². The molecular formula is C24H30ClF3N4O3. The summed E-state index contributed by atoms with van der Waals surface area (Å²) in [6.07, 6.45) is 1.93. The van der Waals surface area contributed by atoms with Crippen LogP contribution >= 0.6 is 12.4 Å². The van der Waals surface area contributed by atoms with Gasteiger partial charge in [-0.25, -0.2) is 13.8 Å². The molecule has 1 amide bonds. The van der Waals surface area contributed by atoms with Crippen LogP contribution in [0.4, 0.5) is 13.2 Å². The number of hydrogen-bond acceptors (Lipinski definition) is 6. The molecule has 11 heteroatoms. The van der Waals surface area contributed by atoms with Gasteiger partial charge in [-0.3, -0.25) is 9.69 Å². The van der Waals surface area contributed by atoms with Crippen LogP contribution in [0.1, 0.15) is 23.5 Å². The maximum absolute atomic E-state index is 14.5. The SMILES string of the molecule is COCCN1CCN(C(=O)CN[C@@H]2C[C@H]2c2cc(F)cc(F)c2OCc2cccnc2F)CC1.Cl. The molecular weight excluding hydrogens is 485 g/mol. The summed E-state index contributed by atoms with van der Waals surface area (Å²) in [6.45, 7) is 4.39. The molecule has 1 saturated heterocycles. The first kappa shape index (κ1) is 27.2. The largest absolute Gasteiger partial charge is 0.485 e. The van der Waals surface area contributed by atoms with Gasteiger partial charge in [0.2, 0.25) is 11.9 Å². The number of benzene rings is 1. The molecule has 7 nitrogen and oxygen atoms in total. The molecule has 2 aliphatic rings. The number of amides is 1. The Morgan fingerprint density at radius 3 is 2.69 bits per heavy atom. The number of carbonyl (C=O) groups is 1. The van der Waals surface area contributed by atoms with Crippen molar-refractivity contribution in [1.29, 1.82) is 0 Å². The van der Waals surface area contributed by atoms with Crippen LogP contribution in [0.15, 0.2) is 30.5 Å². The van der Waals surface area contributed by atoms with Gasteiger partial charge in [0.1, 0.15) is 12.4 Å². The molecule has 1 aliphatic heterocycles. The van der Waals surface area contributed by atoms with Crippen molar-refractivity contribution in [2.75, 3.05) is 53.0 Å². The third-order valence-electron chi connectivity index (χ3n) is 6.29. The van der Waals surface area contributed by atoms with Crippen LogP contribution in [-0.4, -0.2) is 79.7 Å². The Kier molecular flexibility index (Phi) is 9.73. The molecule has 1 aliphatic carbocycles. The second-order valence-corrected chi connectivity index (χ2v) is 8.59. The number of ether oxygens (including phenoxy) is 2. The third kappa shape index (κ3) is 7.07. The fraction of sp³-hybridized carbons (Fsp3) is 0.500. The van der Waals surface area contributed by atoms with Gasteiger partial charge in [-0.1, -0.05) is 0 Å². The van der Waals surface area contributed by atoms with E-state index >= 15 is 0 Å². The van der Waals surface area contributed by atoms with Crippen LogP contribution in [0.25, 0.3) is 0 Å². The number of nitrogens with one attached hydrogen (secondary N) is 1. The molecule has 192 valence electrons. The van der Waals surface area contributed by atoms with E-state index in [-0.39, 0.29) is 54.7 Å². The van der Waals surface area contributed by atoms with Crippen molar-refractivity contribution in [3.8, 4) is 5.75 Å². The van der Waals surface area contributed by atoms with Gasteiger partial charge < -0.3 is 19.7 Å². The average molecular weight is 515 g/mol. The molecule has 2 fully saturated rings. The second-order valence-electron chi connectivity index (χ2n) is 8.59. The first-order valence-electron chi connectivity index (χ1n) is 11.4. The number of hydrogen-bond donors (Lipinski definition) is 1. The van der Waals surface area contributed by atoms with Crippen LogP contribution in [0.5, 0.6) is 5.75 Å². The normalized spacial score (nSPS) is 19.8. The lowest BCUT2D eigenvalue weighted by atomic mass is 10.1. The van der Waals surface area contributed by atoms with Gasteiger partial charge in [0, 0.05) is 75.2 Å². The van der Waals surface area contributed by atoms with E-state index < -0.39 is 17.6 Å². The van der Waals surface area contributed by atoms with Crippen LogP contribution < -0.4 is 10.1 Å². The molecule has 2 heterocycles. The number of carbonyl (C=O) groups excluding carboxylic acids is 1. The lowest BCUT2D eigenvalue weighted by Gasteiger charge is -2.34. The van der Waals surface area contributed by atoms with Crippen LogP contribution in [0, 0.1) is 17.6 Å². The zero-order valence-corrected chi connectivity index (χ0v) is 20.3. The Morgan fingerprint density at radius 1 is 1.20 bits per heavy atom. The average Bonchev–Trinajstić information content (AvgIpc) is 3.61. The summed E-state index contributed by atoms with van der Waals surface area (Å²) in [6, 6.07) is 4.95. The molecule has 2 aromatic rings. The summed E-state index contributed by atoms with van der Waals surface area (Å²) in [5.41, 5.74) is 0.550. The standard InChI is InChI=1S/C24H29F3N4O3.ClH/c1-33-10-9-30-5-7-31(8-6-30)22(32)14-29-21-13-18(21)19-11-17(25)12-20(26)23(19)34-15-16-3-2-4-28-24(16)27;/h2-4,11-12,18,21,29H,5-10,13-15H2,1H3;1H/t18-,21+;/m0./s1. The minimum Gasteiger partial charge on any atom is -0.485 e. The topological polar surface area (TPSA) is 66.9 Å². The predicted molar refractivity (Wildman–Crippen MR) is 126 cm³/mol. The maximum atomic E-state index is 14.5. The summed E-state index contributed by atoms with van der Waals surface area (Å²) in [7, 11) is 1.67. The Bertz CT molecular complexity index is 1010. The van der Waals surface area contributed by atoms with Crippen molar-refractivity contribution < 1.29 is 27.4 Å². The van der Waals surface area contributed by atoms with Crippen molar-refractivity contribution in [2.45, 2.75) is 25.0 Å². The second kappa shape index (κ2) is 12.5. The third-order valence-corrected chi connectivity index (χ3v) is 6.29. The summed E-state index contributed by atoms with van der Waals surface area (Å²) >= 11 is 0. The zero-order valence-electron chi connectivity index (χ0n) is 19.5. The first-order chi connectivity index (χ1) is 16.5. The van der Waals surface area contributed by atoms with Gasteiger partial charge >= 0.3 is 0 Å². The van der Waals surface area contributed by atoms with E-state index in [9.17, 15) is 18.0 Å². The van der Waals surface area contributed by atoms with Crippen molar-refractivity contribution in [3.05, 3.63) is 59.2 Å². The highest BCUT2D eigenvalue weighted by Crippen LogP contribution is 2.46. The predicted octanol–water partition coefficient (Wildman–Crippen LogP) is 2.74. The molecule has 4 rings (SSSR count). The number of pyridine rings is 1. The zero-order chi connectivity index (χ0) is 24.1. The quantitative estimate of drug-likeness (QED) is 0.492. The van der Waals surface area contributed by atoms with Crippen LogP contribution in [0.2, 0.25) is 0 Å². The number of piperazine rings is 1. The van der Waals surface area contributed by atoms with E-state index in [0.717, 1.165) is 25.7 Å². The van der Waals surface area contributed by atoms with E-state index in [1.165, 1.54) is 18.3 Å². The van der Waals surface area contributed by atoms with E-state index in [4.69, 9.17) is 9.47 Å². The van der Waals surface area contributed by atoms with Gasteiger partial charge in [-0.05, 0) is 24.6 Å².